The summed E-state index contributed by atoms with van der Waals surface area (Å²) in [6, 6.07) is 13.2. The number of rotatable bonds is 22. The Labute approximate surface area is 349 Å². The smallest absolute Gasteiger partial charge is 0.410 e. The highest BCUT2D eigenvalue weighted by Gasteiger charge is 2.35. The number of ether oxygens (including phenoxy) is 2. The molecule has 0 aliphatic heterocycles. The Hall–Kier alpha value is -5.02. The predicted octanol–water partition coefficient (Wildman–Crippen LogP) is 3.43. The van der Waals surface area contributed by atoms with E-state index in [0.29, 0.717) is 6.42 Å². The number of likely N-dealkylation sites (N-methyl/N-ethyl adjacent to an activating group) is 1. The molecule has 6 N–H and O–H groups in total. The number of esters is 1. The molecule has 0 spiro atoms. The van der Waals surface area contributed by atoms with Gasteiger partial charge in [-0.15, -0.1) is 0 Å². The van der Waals surface area contributed by atoms with Crippen molar-refractivity contribution in [3.63, 3.8) is 0 Å². The molecule has 0 saturated carbocycles. The number of amides is 5. The number of nitrogens with one attached hydrogen (secondary N) is 4. The standard InChI is InChI=1S/C44H67N5O10/c1-27(2)21-32(36(50)25-38(52)45-29(5)40(54)46-33(22-28(3)4)37(51)26-39(53)58-10)47-41(55)34(23-30-17-13-11-14-18-30)48-42(56)35(24-31-19-15-12-16-20-31)49(9)43(57)59-44(6,7)8/h11-20,27-29,32-37,50-51H,21-26H2,1-10H3,(H,45,52)(H,46,54)(H,47,55)(H,48,56)/t29-,32-,33-,34-,35-,36-,37-/m0/s1. The molecule has 0 aliphatic carbocycles. The van der Waals surface area contributed by atoms with Crippen molar-refractivity contribution in [1.29, 1.82) is 0 Å². The number of nitrogens with zero attached hydrogens (tertiary/aromatic N) is 1. The zero-order valence-corrected chi connectivity index (χ0v) is 36.3. The number of methoxy groups -OCH3 is 1. The molecule has 0 aromatic heterocycles. The number of benzene rings is 2. The van der Waals surface area contributed by atoms with E-state index in [1.54, 1.807) is 32.9 Å². The van der Waals surface area contributed by atoms with Gasteiger partial charge in [-0.2, -0.15) is 0 Å². The fraction of sp³-hybridized carbons (Fsp3) is 0.591. The molecule has 2 aromatic rings. The van der Waals surface area contributed by atoms with Gasteiger partial charge in [0.1, 0.15) is 23.7 Å². The van der Waals surface area contributed by atoms with Crippen LogP contribution in [0.4, 0.5) is 4.79 Å². The minimum atomic E-state index is -1.38. The van der Waals surface area contributed by atoms with Gasteiger partial charge in [0.05, 0.1) is 44.2 Å². The Kier molecular flexibility index (Phi) is 20.5. The molecule has 0 bridgehead atoms. The van der Waals surface area contributed by atoms with Crippen LogP contribution < -0.4 is 21.3 Å². The molecule has 15 heteroatoms. The van der Waals surface area contributed by atoms with Gasteiger partial charge >= 0.3 is 12.1 Å². The van der Waals surface area contributed by atoms with Gasteiger partial charge in [0, 0.05) is 19.9 Å². The maximum absolute atomic E-state index is 14.2. The summed E-state index contributed by atoms with van der Waals surface area (Å²) in [5.41, 5.74) is 0.702. The average molecular weight is 826 g/mol. The van der Waals surface area contributed by atoms with Crippen LogP contribution in [0.3, 0.4) is 0 Å². The average Bonchev–Trinajstić information content (AvgIpc) is 3.15. The van der Waals surface area contributed by atoms with Crippen LogP contribution in [-0.2, 0) is 46.3 Å². The van der Waals surface area contributed by atoms with Crippen molar-refractivity contribution in [2.75, 3.05) is 14.2 Å². The van der Waals surface area contributed by atoms with Crippen LogP contribution in [-0.4, -0.2) is 113 Å². The Morgan fingerprint density at radius 3 is 1.61 bits per heavy atom. The summed E-state index contributed by atoms with van der Waals surface area (Å²) in [4.78, 5) is 80.9. The van der Waals surface area contributed by atoms with Crippen LogP contribution >= 0.6 is 0 Å². The van der Waals surface area contributed by atoms with E-state index in [2.05, 4.69) is 26.0 Å². The van der Waals surface area contributed by atoms with Gasteiger partial charge < -0.3 is 41.0 Å². The Balaban J connectivity index is 2.29. The molecule has 2 aromatic carbocycles. The molecular formula is C44H67N5O10. The van der Waals surface area contributed by atoms with Crippen LogP contribution in [0.15, 0.2) is 60.7 Å². The van der Waals surface area contributed by atoms with E-state index in [0.717, 1.165) is 11.1 Å². The van der Waals surface area contributed by atoms with E-state index in [4.69, 9.17) is 4.74 Å². The first-order valence-electron chi connectivity index (χ1n) is 20.3. The number of carbonyl (C=O) groups excluding carboxylic acids is 6. The summed E-state index contributed by atoms with van der Waals surface area (Å²) in [6.07, 6.45) is -3.25. The second-order valence-electron chi connectivity index (χ2n) is 16.9. The van der Waals surface area contributed by atoms with Crippen LogP contribution in [0.1, 0.15) is 92.2 Å². The first-order valence-corrected chi connectivity index (χ1v) is 20.3. The Bertz CT molecular complexity index is 1650. The first kappa shape index (κ1) is 50.1. The fourth-order valence-electron chi connectivity index (χ4n) is 6.36. The van der Waals surface area contributed by atoms with E-state index in [1.165, 1.54) is 26.0 Å². The molecule has 15 nitrogen and oxygen atoms in total. The zero-order valence-electron chi connectivity index (χ0n) is 36.3. The third kappa shape index (κ3) is 18.6. The van der Waals surface area contributed by atoms with Crippen molar-refractivity contribution < 1.29 is 48.5 Å². The monoisotopic (exact) mass is 825 g/mol. The summed E-state index contributed by atoms with van der Waals surface area (Å²) in [5.74, 6) is -3.07. The highest BCUT2D eigenvalue weighted by atomic mass is 16.6. The summed E-state index contributed by atoms with van der Waals surface area (Å²) in [7, 11) is 2.67. The molecule has 5 amide bonds. The summed E-state index contributed by atoms with van der Waals surface area (Å²) in [6.45, 7) is 14.2. The number of hydrogen-bond acceptors (Lipinski definition) is 10. The topological polar surface area (TPSA) is 213 Å². The van der Waals surface area contributed by atoms with Crippen molar-refractivity contribution in [3.05, 3.63) is 71.8 Å². The first-order chi connectivity index (χ1) is 27.6. The Morgan fingerprint density at radius 2 is 1.14 bits per heavy atom. The van der Waals surface area contributed by atoms with Crippen molar-refractivity contribution >= 4 is 35.7 Å². The van der Waals surface area contributed by atoms with Crippen LogP contribution in [0.25, 0.3) is 0 Å². The second kappa shape index (κ2) is 24.2. The number of carbonyl (C=O) groups is 6. The molecule has 2 rings (SSSR count). The number of aliphatic hydroxyl groups excluding tert-OH is 2. The van der Waals surface area contributed by atoms with E-state index < -0.39 is 90.1 Å². The molecule has 7 atom stereocenters. The predicted molar refractivity (Wildman–Crippen MR) is 224 cm³/mol. The largest absolute Gasteiger partial charge is 0.469 e. The lowest BCUT2D eigenvalue weighted by Crippen LogP contribution is -2.58. The molecule has 0 unspecified atom stereocenters. The summed E-state index contributed by atoms with van der Waals surface area (Å²) in [5, 5.41) is 33.0. The van der Waals surface area contributed by atoms with Crippen molar-refractivity contribution in [2.24, 2.45) is 11.8 Å². The maximum Gasteiger partial charge on any atom is 0.410 e. The minimum Gasteiger partial charge on any atom is -0.469 e. The number of hydrogen-bond donors (Lipinski definition) is 6. The van der Waals surface area contributed by atoms with Crippen molar-refractivity contribution in [1.82, 2.24) is 26.2 Å². The van der Waals surface area contributed by atoms with Crippen LogP contribution in [0.5, 0.6) is 0 Å². The lowest BCUT2D eigenvalue weighted by atomic mass is 9.95. The Morgan fingerprint density at radius 1 is 0.661 bits per heavy atom. The van der Waals surface area contributed by atoms with Crippen molar-refractivity contribution in [3.8, 4) is 0 Å². The number of aliphatic hydroxyl groups is 2. The maximum atomic E-state index is 14.2. The fourth-order valence-corrected chi connectivity index (χ4v) is 6.36. The molecular weight excluding hydrogens is 759 g/mol. The van der Waals surface area contributed by atoms with E-state index in [9.17, 15) is 39.0 Å². The molecule has 0 radical (unpaired) electrons. The molecule has 0 saturated heterocycles. The van der Waals surface area contributed by atoms with Gasteiger partial charge in [-0.3, -0.25) is 28.9 Å². The highest BCUT2D eigenvalue weighted by Crippen LogP contribution is 2.17. The molecule has 0 aliphatic rings. The quantitative estimate of drug-likeness (QED) is 0.0953. The van der Waals surface area contributed by atoms with E-state index in [-0.39, 0.29) is 37.5 Å². The molecule has 59 heavy (non-hydrogen) atoms. The van der Waals surface area contributed by atoms with Gasteiger partial charge in [0.15, 0.2) is 0 Å². The van der Waals surface area contributed by atoms with Gasteiger partial charge in [-0.1, -0.05) is 88.4 Å². The summed E-state index contributed by atoms with van der Waals surface area (Å²) < 4.78 is 10.2. The van der Waals surface area contributed by atoms with Gasteiger partial charge in [0.25, 0.3) is 0 Å². The lowest BCUT2D eigenvalue weighted by Gasteiger charge is -2.32. The molecule has 0 heterocycles. The minimum absolute atomic E-state index is 0.0306. The van der Waals surface area contributed by atoms with Crippen molar-refractivity contribution in [2.45, 2.75) is 142 Å². The van der Waals surface area contributed by atoms with E-state index in [1.807, 2.05) is 76.2 Å². The zero-order chi connectivity index (χ0) is 44.4. The second-order valence-corrected chi connectivity index (χ2v) is 16.9. The van der Waals surface area contributed by atoms with Gasteiger partial charge in [-0.05, 0) is 63.5 Å². The third-order valence-electron chi connectivity index (χ3n) is 9.44. The molecule has 328 valence electrons. The third-order valence-corrected chi connectivity index (χ3v) is 9.44. The van der Waals surface area contributed by atoms with Crippen LogP contribution in [0.2, 0.25) is 0 Å². The normalized spacial score (nSPS) is 15.1. The van der Waals surface area contributed by atoms with Crippen LogP contribution in [0, 0.1) is 11.8 Å². The SMILES string of the molecule is COC(=O)C[C@H](O)[C@H](CC(C)C)NC(=O)[C@H](C)NC(=O)C[C@H](O)[C@H](CC(C)C)NC(=O)[C@H](Cc1ccccc1)NC(=O)[C@H](Cc1ccccc1)N(C)C(=O)OC(C)(C)C. The van der Waals surface area contributed by atoms with Gasteiger partial charge in [0.2, 0.25) is 23.6 Å². The highest BCUT2D eigenvalue weighted by molar-refractivity contribution is 5.92. The summed E-state index contributed by atoms with van der Waals surface area (Å²) >= 11 is 0. The molecule has 0 fully saturated rings. The van der Waals surface area contributed by atoms with Gasteiger partial charge in [-0.25, -0.2) is 4.79 Å². The lowest BCUT2D eigenvalue weighted by molar-refractivity contribution is -0.144. The van der Waals surface area contributed by atoms with E-state index >= 15 is 0 Å².